The fourth-order valence-electron chi connectivity index (χ4n) is 1.58. The SMILES string of the molecule is CCNc1cncc(Nc2ccc(Br)c(OC)c2)n1. The molecular weight excluding hydrogens is 308 g/mol. The smallest absolute Gasteiger partial charge is 0.151 e. The zero-order valence-electron chi connectivity index (χ0n) is 10.8. The maximum absolute atomic E-state index is 5.25. The quantitative estimate of drug-likeness (QED) is 0.883. The Bertz CT molecular complexity index is 562. The summed E-state index contributed by atoms with van der Waals surface area (Å²) in [5, 5.41) is 6.31. The lowest BCUT2D eigenvalue weighted by Crippen LogP contribution is -2.02. The number of nitrogens with zero attached hydrogens (tertiary/aromatic N) is 2. The van der Waals surface area contributed by atoms with Crippen LogP contribution in [0.5, 0.6) is 5.75 Å². The van der Waals surface area contributed by atoms with Gasteiger partial charge in [-0.25, -0.2) is 4.98 Å². The van der Waals surface area contributed by atoms with Gasteiger partial charge in [-0.3, -0.25) is 4.98 Å². The van der Waals surface area contributed by atoms with Crippen LogP contribution in [0.3, 0.4) is 0 Å². The topological polar surface area (TPSA) is 59.1 Å². The van der Waals surface area contributed by atoms with E-state index in [9.17, 15) is 0 Å². The van der Waals surface area contributed by atoms with E-state index >= 15 is 0 Å². The maximum Gasteiger partial charge on any atom is 0.151 e. The first-order chi connectivity index (χ1) is 9.22. The van der Waals surface area contributed by atoms with Crippen LogP contribution < -0.4 is 15.4 Å². The summed E-state index contributed by atoms with van der Waals surface area (Å²) in [6.07, 6.45) is 3.37. The molecule has 6 heteroatoms. The number of hydrogen-bond donors (Lipinski definition) is 2. The van der Waals surface area contributed by atoms with Crippen LogP contribution in [0.1, 0.15) is 6.92 Å². The van der Waals surface area contributed by atoms with Crippen molar-refractivity contribution in [3.05, 3.63) is 35.1 Å². The van der Waals surface area contributed by atoms with Gasteiger partial charge in [0.05, 0.1) is 24.0 Å². The number of benzene rings is 1. The monoisotopic (exact) mass is 322 g/mol. The third-order valence-corrected chi connectivity index (χ3v) is 3.07. The highest BCUT2D eigenvalue weighted by molar-refractivity contribution is 9.10. The molecule has 0 saturated heterocycles. The molecule has 19 heavy (non-hydrogen) atoms. The normalized spacial score (nSPS) is 10.1. The molecule has 0 aliphatic rings. The van der Waals surface area contributed by atoms with Crippen LogP contribution in [-0.4, -0.2) is 23.6 Å². The van der Waals surface area contributed by atoms with Crippen LogP contribution >= 0.6 is 15.9 Å². The second-order valence-electron chi connectivity index (χ2n) is 3.79. The van der Waals surface area contributed by atoms with Gasteiger partial charge in [0.1, 0.15) is 11.6 Å². The molecule has 0 amide bonds. The predicted molar refractivity (Wildman–Crippen MR) is 80.2 cm³/mol. The Morgan fingerprint density at radius 1 is 1.26 bits per heavy atom. The van der Waals surface area contributed by atoms with Crippen molar-refractivity contribution in [2.75, 3.05) is 24.3 Å². The lowest BCUT2D eigenvalue weighted by molar-refractivity contribution is 0.412. The second kappa shape index (κ2) is 6.38. The van der Waals surface area contributed by atoms with E-state index in [0.717, 1.165) is 28.3 Å². The molecule has 0 bridgehead atoms. The first kappa shape index (κ1) is 13.6. The number of rotatable bonds is 5. The third kappa shape index (κ3) is 3.57. The highest BCUT2D eigenvalue weighted by atomic mass is 79.9. The van der Waals surface area contributed by atoms with E-state index in [-0.39, 0.29) is 0 Å². The van der Waals surface area contributed by atoms with E-state index in [2.05, 4.69) is 36.5 Å². The molecule has 0 fully saturated rings. The molecule has 100 valence electrons. The summed E-state index contributed by atoms with van der Waals surface area (Å²) in [7, 11) is 1.63. The molecule has 0 radical (unpaired) electrons. The summed E-state index contributed by atoms with van der Waals surface area (Å²) in [4.78, 5) is 8.53. The van der Waals surface area contributed by atoms with Gasteiger partial charge in [0.15, 0.2) is 5.82 Å². The molecule has 2 N–H and O–H groups in total. The van der Waals surface area contributed by atoms with Crippen LogP contribution in [0, 0.1) is 0 Å². The van der Waals surface area contributed by atoms with Crippen molar-refractivity contribution in [3.63, 3.8) is 0 Å². The summed E-state index contributed by atoms with van der Waals surface area (Å²) in [6.45, 7) is 2.83. The molecule has 2 aromatic rings. The first-order valence-corrected chi connectivity index (χ1v) is 6.68. The zero-order chi connectivity index (χ0) is 13.7. The Morgan fingerprint density at radius 3 is 2.79 bits per heavy atom. The lowest BCUT2D eigenvalue weighted by atomic mass is 10.3. The van der Waals surface area contributed by atoms with Gasteiger partial charge in [-0.15, -0.1) is 0 Å². The van der Waals surface area contributed by atoms with Crippen molar-refractivity contribution in [2.24, 2.45) is 0 Å². The van der Waals surface area contributed by atoms with E-state index in [0.29, 0.717) is 5.82 Å². The van der Waals surface area contributed by atoms with Crippen molar-refractivity contribution < 1.29 is 4.74 Å². The Hall–Kier alpha value is -1.82. The van der Waals surface area contributed by atoms with Crippen molar-refractivity contribution in [1.29, 1.82) is 0 Å². The van der Waals surface area contributed by atoms with Crippen molar-refractivity contribution >= 4 is 33.3 Å². The van der Waals surface area contributed by atoms with E-state index in [1.807, 2.05) is 25.1 Å². The predicted octanol–water partition coefficient (Wildman–Crippen LogP) is 3.42. The molecule has 0 atom stereocenters. The molecule has 0 saturated carbocycles. The maximum atomic E-state index is 5.25. The van der Waals surface area contributed by atoms with E-state index in [1.54, 1.807) is 19.5 Å². The van der Waals surface area contributed by atoms with Gasteiger partial charge in [-0.2, -0.15) is 0 Å². The summed E-state index contributed by atoms with van der Waals surface area (Å²) >= 11 is 3.42. The van der Waals surface area contributed by atoms with Gasteiger partial charge >= 0.3 is 0 Å². The number of halogens is 1. The molecule has 1 heterocycles. The van der Waals surface area contributed by atoms with E-state index < -0.39 is 0 Å². The van der Waals surface area contributed by atoms with Crippen LogP contribution in [0.4, 0.5) is 17.3 Å². The molecule has 0 spiro atoms. The van der Waals surface area contributed by atoms with Crippen molar-refractivity contribution in [3.8, 4) is 5.75 Å². The first-order valence-electron chi connectivity index (χ1n) is 5.89. The Labute approximate surface area is 120 Å². The minimum Gasteiger partial charge on any atom is -0.495 e. The number of hydrogen-bond acceptors (Lipinski definition) is 5. The molecule has 5 nitrogen and oxygen atoms in total. The number of anilines is 3. The van der Waals surface area contributed by atoms with E-state index in [4.69, 9.17) is 4.74 Å². The molecule has 2 rings (SSSR count). The number of methoxy groups -OCH3 is 1. The highest BCUT2D eigenvalue weighted by Gasteiger charge is 2.03. The van der Waals surface area contributed by atoms with Gasteiger partial charge in [0, 0.05) is 18.3 Å². The average Bonchev–Trinajstić information content (AvgIpc) is 2.42. The molecular formula is C13H15BrN4O. The largest absolute Gasteiger partial charge is 0.495 e. The third-order valence-electron chi connectivity index (χ3n) is 2.42. The van der Waals surface area contributed by atoms with E-state index in [1.165, 1.54) is 0 Å². The fraction of sp³-hybridized carbons (Fsp3) is 0.231. The van der Waals surface area contributed by atoms with Crippen molar-refractivity contribution in [1.82, 2.24) is 9.97 Å². The average molecular weight is 323 g/mol. The lowest BCUT2D eigenvalue weighted by Gasteiger charge is -2.09. The summed E-state index contributed by atoms with van der Waals surface area (Å²) < 4.78 is 6.16. The minimum absolute atomic E-state index is 0.683. The van der Waals surface area contributed by atoms with Gasteiger partial charge in [0.25, 0.3) is 0 Å². The van der Waals surface area contributed by atoms with Gasteiger partial charge in [-0.05, 0) is 35.0 Å². The van der Waals surface area contributed by atoms with Gasteiger partial charge < -0.3 is 15.4 Å². The highest BCUT2D eigenvalue weighted by Crippen LogP contribution is 2.29. The van der Waals surface area contributed by atoms with Gasteiger partial charge in [0.2, 0.25) is 0 Å². The minimum atomic E-state index is 0.683. The molecule has 1 aromatic carbocycles. The Kier molecular flexibility index (Phi) is 4.57. The summed E-state index contributed by atoms with van der Waals surface area (Å²) in [5.74, 6) is 2.19. The van der Waals surface area contributed by atoms with Crippen LogP contribution in [-0.2, 0) is 0 Å². The molecule has 0 aliphatic heterocycles. The Balaban J connectivity index is 2.18. The number of ether oxygens (including phenoxy) is 1. The molecule has 0 aliphatic carbocycles. The summed E-state index contributed by atoms with van der Waals surface area (Å²) in [5.41, 5.74) is 0.892. The van der Waals surface area contributed by atoms with Crippen LogP contribution in [0.2, 0.25) is 0 Å². The number of aromatic nitrogens is 2. The second-order valence-corrected chi connectivity index (χ2v) is 4.65. The van der Waals surface area contributed by atoms with Crippen LogP contribution in [0.25, 0.3) is 0 Å². The Morgan fingerprint density at radius 2 is 2.05 bits per heavy atom. The zero-order valence-corrected chi connectivity index (χ0v) is 12.4. The number of nitrogens with one attached hydrogen (secondary N) is 2. The van der Waals surface area contributed by atoms with Crippen molar-refractivity contribution in [2.45, 2.75) is 6.92 Å². The molecule has 1 aromatic heterocycles. The standard InChI is InChI=1S/C13H15BrN4O/c1-3-16-12-7-15-8-13(18-12)17-9-4-5-10(14)11(6-9)19-2/h4-8H,3H2,1-2H3,(H2,16,17,18). The van der Waals surface area contributed by atoms with Gasteiger partial charge in [-0.1, -0.05) is 0 Å². The fourth-order valence-corrected chi connectivity index (χ4v) is 1.99. The summed E-state index contributed by atoms with van der Waals surface area (Å²) in [6, 6.07) is 5.75. The van der Waals surface area contributed by atoms with Crippen LogP contribution in [0.15, 0.2) is 35.1 Å². The molecule has 0 unspecified atom stereocenters.